The average Bonchev–Trinajstić information content (AvgIpc) is 3.19. The van der Waals surface area contributed by atoms with Crippen LogP contribution in [0.3, 0.4) is 0 Å². The molecule has 0 unspecified atom stereocenters. The lowest BCUT2D eigenvalue weighted by molar-refractivity contribution is -0.154. The topological polar surface area (TPSA) is 59.1 Å². The van der Waals surface area contributed by atoms with E-state index >= 15 is 0 Å². The third kappa shape index (κ3) is 14.1. The first kappa shape index (κ1) is 46.2. The number of nitrogens with zero attached hydrogens (tertiary/aromatic N) is 2. The van der Waals surface area contributed by atoms with Gasteiger partial charge in [0, 0.05) is 60.6 Å². The maximum absolute atomic E-state index is 14.1. The molecule has 0 spiro atoms. The van der Waals surface area contributed by atoms with Crippen LogP contribution >= 0.6 is 0 Å². The molecule has 6 nitrogen and oxygen atoms in total. The zero-order valence-corrected chi connectivity index (χ0v) is 36.6. The van der Waals surface area contributed by atoms with E-state index in [2.05, 4.69) is 65.2 Å². The molecule has 4 aromatic carbocycles. The molecule has 0 radical (unpaired) electrons. The summed E-state index contributed by atoms with van der Waals surface area (Å²) in [6.45, 7) is 23.8. The van der Waals surface area contributed by atoms with Crippen molar-refractivity contribution in [1.29, 1.82) is 0 Å². The van der Waals surface area contributed by atoms with Crippen LogP contribution in [0.1, 0.15) is 103 Å². The van der Waals surface area contributed by atoms with Gasteiger partial charge < -0.3 is 19.3 Å². The van der Waals surface area contributed by atoms with E-state index < -0.39 is 23.1 Å². The second-order valence-corrected chi connectivity index (χ2v) is 17.6. The van der Waals surface area contributed by atoms with E-state index in [-0.39, 0.29) is 0 Å². The molecule has 0 amide bonds. The van der Waals surface area contributed by atoms with Crippen LogP contribution < -0.4 is 0 Å². The molecule has 4 aromatic rings. The predicted molar refractivity (Wildman–Crippen MR) is 239 cm³/mol. The standard InChI is InChI=1S/C52H70N2O4/c1-41(2)37-53(38-42(3)4)35-21-33-51(45-23-13-9-14-24-45,46-25-15-10-16-26-46)57-49(55)31-32-50(56)58-52(47-27-17-11-18-28-47,48-29-19-12-20-30-48)34-22-36-54(39-43(5)6)40-44(7)8/h9-20,23-32,41-44H,21-22,33-40H2,1-8H3/b32-31-. The number of benzene rings is 4. The van der Waals surface area contributed by atoms with Crippen molar-refractivity contribution in [2.75, 3.05) is 39.3 Å². The Balaban J connectivity index is 1.65. The number of hydrogen-bond acceptors (Lipinski definition) is 6. The van der Waals surface area contributed by atoms with Crippen molar-refractivity contribution in [1.82, 2.24) is 9.80 Å². The van der Waals surface area contributed by atoms with Crippen LogP contribution in [0.2, 0.25) is 0 Å². The lowest BCUT2D eigenvalue weighted by Crippen LogP contribution is -2.37. The molecule has 0 saturated heterocycles. The van der Waals surface area contributed by atoms with Gasteiger partial charge in [0.05, 0.1) is 0 Å². The van der Waals surface area contributed by atoms with Crippen molar-refractivity contribution in [3.63, 3.8) is 0 Å². The lowest BCUT2D eigenvalue weighted by Gasteiger charge is -2.36. The summed E-state index contributed by atoms with van der Waals surface area (Å²) in [5.41, 5.74) is 1.43. The summed E-state index contributed by atoms with van der Waals surface area (Å²) in [4.78, 5) is 33.2. The second-order valence-electron chi connectivity index (χ2n) is 17.6. The van der Waals surface area contributed by atoms with Gasteiger partial charge in [-0.1, -0.05) is 177 Å². The van der Waals surface area contributed by atoms with Gasteiger partial charge in [0.2, 0.25) is 0 Å². The van der Waals surface area contributed by atoms with Crippen molar-refractivity contribution in [3.05, 3.63) is 156 Å². The Bertz CT molecular complexity index is 1560. The highest BCUT2D eigenvalue weighted by Gasteiger charge is 2.39. The zero-order chi connectivity index (χ0) is 42.0. The molecule has 0 aliphatic heterocycles. The minimum Gasteiger partial charge on any atom is -0.446 e. The van der Waals surface area contributed by atoms with E-state index in [0.717, 1.165) is 74.4 Å². The lowest BCUT2D eigenvalue weighted by atomic mass is 9.82. The first-order valence-electron chi connectivity index (χ1n) is 21.6. The molecule has 58 heavy (non-hydrogen) atoms. The number of hydrogen-bond donors (Lipinski definition) is 0. The van der Waals surface area contributed by atoms with Crippen molar-refractivity contribution in [3.8, 4) is 0 Å². The first-order chi connectivity index (χ1) is 27.8. The molecule has 0 bridgehead atoms. The molecule has 0 aliphatic carbocycles. The highest BCUT2D eigenvalue weighted by Crippen LogP contribution is 2.40. The van der Waals surface area contributed by atoms with Crippen LogP contribution in [0.15, 0.2) is 133 Å². The summed E-state index contributed by atoms with van der Waals surface area (Å²) in [6, 6.07) is 39.9. The van der Waals surface area contributed by atoms with Crippen LogP contribution in [0.25, 0.3) is 0 Å². The second kappa shape index (κ2) is 23.2. The quantitative estimate of drug-likeness (QED) is 0.0521. The summed E-state index contributed by atoms with van der Waals surface area (Å²) in [5, 5.41) is 0. The third-order valence-electron chi connectivity index (χ3n) is 10.4. The Kier molecular flexibility index (Phi) is 18.4. The minimum absolute atomic E-state index is 0.543. The van der Waals surface area contributed by atoms with Crippen LogP contribution in [0.5, 0.6) is 0 Å². The molecular weight excluding hydrogens is 717 g/mol. The largest absolute Gasteiger partial charge is 0.446 e. The Morgan fingerprint density at radius 3 is 0.914 bits per heavy atom. The van der Waals surface area contributed by atoms with Gasteiger partial charge in [0.1, 0.15) is 0 Å². The van der Waals surface area contributed by atoms with Gasteiger partial charge in [-0.3, -0.25) is 0 Å². The van der Waals surface area contributed by atoms with Gasteiger partial charge in [0.15, 0.2) is 11.2 Å². The van der Waals surface area contributed by atoms with Crippen LogP contribution in [0.4, 0.5) is 0 Å². The van der Waals surface area contributed by atoms with Gasteiger partial charge in [0.25, 0.3) is 0 Å². The first-order valence-corrected chi connectivity index (χ1v) is 21.6. The summed E-state index contributed by atoms with van der Waals surface area (Å²) in [7, 11) is 0. The van der Waals surface area contributed by atoms with Gasteiger partial charge in [-0.2, -0.15) is 0 Å². The molecule has 0 aromatic heterocycles. The highest BCUT2D eigenvalue weighted by atomic mass is 16.6. The van der Waals surface area contributed by atoms with E-state index in [4.69, 9.17) is 9.47 Å². The summed E-state index contributed by atoms with van der Waals surface area (Å²) in [5.74, 6) is 0.966. The van der Waals surface area contributed by atoms with E-state index in [0.29, 0.717) is 36.5 Å². The molecule has 0 aliphatic rings. The molecule has 0 N–H and O–H groups in total. The van der Waals surface area contributed by atoms with E-state index in [1.165, 1.54) is 12.2 Å². The van der Waals surface area contributed by atoms with Crippen molar-refractivity contribution in [2.24, 2.45) is 23.7 Å². The fourth-order valence-corrected chi connectivity index (χ4v) is 8.31. The van der Waals surface area contributed by atoms with Crippen LogP contribution in [0, 0.1) is 23.7 Å². The maximum Gasteiger partial charge on any atom is 0.332 e. The van der Waals surface area contributed by atoms with Gasteiger partial charge >= 0.3 is 11.9 Å². The number of rotatable bonds is 24. The Hall–Kier alpha value is -4.52. The van der Waals surface area contributed by atoms with Crippen molar-refractivity contribution < 1.29 is 19.1 Å². The monoisotopic (exact) mass is 787 g/mol. The van der Waals surface area contributed by atoms with Gasteiger partial charge in [-0.25, -0.2) is 9.59 Å². The van der Waals surface area contributed by atoms with E-state index in [1.807, 2.05) is 121 Å². The molecule has 0 heterocycles. The van der Waals surface area contributed by atoms with Crippen LogP contribution in [-0.2, 0) is 30.3 Å². The number of carbonyl (C=O) groups is 2. The molecule has 0 fully saturated rings. The molecule has 0 atom stereocenters. The Morgan fingerprint density at radius 1 is 0.448 bits per heavy atom. The fourth-order valence-electron chi connectivity index (χ4n) is 8.31. The van der Waals surface area contributed by atoms with E-state index in [9.17, 15) is 9.59 Å². The van der Waals surface area contributed by atoms with Crippen molar-refractivity contribution >= 4 is 11.9 Å². The summed E-state index contributed by atoms with van der Waals surface area (Å²) >= 11 is 0. The zero-order valence-electron chi connectivity index (χ0n) is 36.6. The van der Waals surface area contributed by atoms with E-state index in [1.54, 1.807) is 0 Å². The van der Waals surface area contributed by atoms with Crippen molar-refractivity contribution in [2.45, 2.75) is 92.3 Å². The normalized spacial score (nSPS) is 12.4. The minimum atomic E-state index is -1.06. The fraction of sp³-hybridized carbons (Fsp3) is 0.462. The van der Waals surface area contributed by atoms with Gasteiger partial charge in [-0.05, 0) is 62.4 Å². The average molecular weight is 787 g/mol. The number of esters is 2. The molecule has 0 saturated carbocycles. The molecule has 6 heteroatoms. The Morgan fingerprint density at radius 2 is 0.690 bits per heavy atom. The summed E-state index contributed by atoms with van der Waals surface area (Å²) < 4.78 is 13.2. The molecule has 312 valence electrons. The molecule has 4 rings (SSSR count). The Labute approximate surface area is 350 Å². The number of ether oxygens (including phenoxy) is 2. The smallest absolute Gasteiger partial charge is 0.332 e. The molecular formula is C52H70N2O4. The highest BCUT2D eigenvalue weighted by molar-refractivity contribution is 5.92. The third-order valence-corrected chi connectivity index (χ3v) is 10.4. The number of carbonyl (C=O) groups excluding carboxylic acids is 2. The van der Waals surface area contributed by atoms with Gasteiger partial charge in [-0.15, -0.1) is 0 Å². The summed E-state index contributed by atoms with van der Waals surface area (Å²) in [6.07, 6.45) is 5.25. The SMILES string of the molecule is CC(C)CN(CCCC(OC(=O)/C=C\C(=O)OC(CCCN(CC(C)C)CC(C)C)(c1ccccc1)c1ccccc1)(c1ccccc1)c1ccccc1)CC(C)C. The van der Waals surface area contributed by atoms with Crippen LogP contribution in [-0.4, -0.2) is 61.0 Å². The predicted octanol–water partition coefficient (Wildman–Crippen LogP) is 11.3. The maximum atomic E-state index is 14.1.